The van der Waals surface area contributed by atoms with Crippen LogP contribution in [0.3, 0.4) is 0 Å². The summed E-state index contributed by atoms with van der Waals surface area (Å²) in [6.45, 7) is 4.08. The zero-order valence-electron chi connectivity index (χ0n) is 7.36. The molecule has 2 rings (SSSR count). The van der Waals surface area contributed by atoms with Gasteiger partial charge in [0.2, 0.25) is 0 Å². The van der Waals surface area contributed by atoms with Gasteiger partial charge in [-0.2, -0.15) is 0 Å². The van der Waals surface area contributed by atoms with Crippen molar-refractivity contribution < 1.29 is 4.74 Å². The van der Waals surface area contributed by atoms with E-state index in [0.29, 0.717) is 6.10 Å². The van der Waals surface area contributed by atoms with E-state index in [4.69, 9.17) is 4.74 Å². The first-order chi connectivity index (χ1) is 5.90. The molecule has 0 radical (unpaired) electrons. The van der Waals surface area contributed by atoms with Crippen molar-refractivity contribution in [2.45, 2.75) is 32.4 Å². The molecule has 0 N–H and O–H groups in total. The molecule has 0 amide bonds. The lowest BCUT2D eigenvalue weighted by Crippen LogP contribution is -2.07. The zero-order valence-corrected chi connectivity index (χ0v) is 7.36. The smallest absolute Gasteiger partial charge is 0.108 e. The van der Waals surface area contributed by atoms with E-state index in [-0.39, 0.29) is 0 Å². The van der Waals surface area contributed by atoms with Crippen molar-refractivity contribution in [3.63, 3.8) is 0 Å². The van der Waals surface area contributed by atoms with Crippen LogP contribution in [0.25, 0.3) is 0 Å². The number of aryl methyl sites for hydroxylation is 1. The standard InChI is InChI=1S/C9H14N2O/c1-2-3-9-10-4-5-11(9)6-8-7-12-8/h4-5,8H,2-3,6-7H2,1H3. The van der Waals surface area contributed by atoms with Gasteiger partial charge in [-0.3, -0.25) is 0 Å². The monoisotopic (exact) mass is 166 g/mol. The molecule has 1 unspecified atom stereocenters. The van der Waals surface area contributed by atoms with Crippen LogP contribution in [0.5, 0.6) is 0 Å². The molecule has 0 aromatic carbocycles. The van der Waals surface area contributed by atoms with E-state index >= 15 is 0 Å². The summed E-state index contributed by atoms with van der Waals surface area (Å²) in [5, 5.41) is 0. The zero-order chi connectivity index (χ0) is 8.39. The minimum atomic E-state index is 0.454. The third-order valence-electron chi connectivity index (χ3n) is 2.08. The molecule has 2 heterocycles. The van der Waals surface area contributed by atoms with Crippen molar-refractivity contribution in [3.8, 4) is 0 Å². The van der Waals surface area contributed by atoms with Crippen molar-refractivity contribution in [2.75, 3.05) is 6.61 Å². The van der Waals surface area contributed by atoms with Gasteiger partial charge in [-0.25, -0.2) is 4.98 Å². The minimum Gasteiger partial charge on any atom is -0.371 e. The molecular formula is C9H14N2O. The third kappa shape index (κ3) is 1.67. The Kier molecular flexibility index (Phi) is 2.13. The van der Waals surface area contributed by atoms with E-state index in [0.717, 1.165) is 26.0 Å². The lowest BCUT2D eigenvalue weighted by Gasteiger charge is -2.03. The van der Waals surface area contributed by atoms with E-state index in [9.17, 15) is 0 Å². The molecule has 1 aromatic heterocycles. The van der Waals surface area contributed by atoms with E-state index in [1.165, 1.54) is 5.82 Å². The fourth-order valence-corrected chi connectivity index (χ4v) is 1.35. The minimum absolute atomic E-state index is 0.454. The van der Waals surface area contributed by atoms with Gasteiger partial charge in [-0.05, 0) is 6.42 Å². The molecule has 66 valence electrons. The number of rotatable bonds is 4. The molecule has 0 aliphatic carbocycles. The van der Waals surface area contributed by atoms with Gasteiger partial charge in [0.25, 0.3) is 0 Å². The van der Waals surface area contributed by atoms with Crippen LogP contribution in [-0.4, -0.2) is 22.3 Å². The van der Waals surface area contributed by atoms with Crippen LogP contribution in [0.15, 0.2) is 12.4 Å². The largest absolute Gasteiger partial charge is 0.371 e. The summed E-state index contributed by atoms with van der Waals surface area (Å²) in [6, 6.07) is 0. The maximum Gasteiger partial charge on any atom is 0.108 e. The summed E-state index contributed by atoms with van der Waals surface area (Å²) in [6.07, 6.45) is 6.58. The molecular weight excluding hydrogens is 152 g/mol. The van der Waals surface area contributed by atoms with Gasteiger partial charge in [0.05, 0.1) is 19.3 Å². The number of aromatic nitrogens is 2. The van der Waals surface area contributed by atoms with Gasteiger partial charge < -0.3 is 9.30 Å². The van der Waals surface area contributed by atoms with Crippen molar-refractivity contribution in [1.82, 2.24) is 9.55 Å². The summed E-state index contributed by atoms with van der Waals surface area (Å²) in [7, 11) is 0. The molecule has 1 atom stereocenters. The second-order valence-corrected chi connectivity index (χ2v) is 3.20. The quantitative estimate of drug-likeness (QED) is 0.630. The first kappa shape index (κ1) is 7.80. The Morgan fingerprint density at radius 1 is 1.75 bits per heavy atom. The Balaban J connectivity index is 2.01. The highest BCUT2D eigenvalue weighted by Crippen LogP contribution is 2.13. The predicted molar refractivity (Wildman–Crippen MR) is 46.0 cm³/mol. The highest BCUT2D eigenvalue weighted by molar-refractivity contribution is 4.93. The van der Waals surface area contributed by atoms with Gasteiger partial charge in [0.15, 0.2) is 0 Å². The fraction of sp³-hybridized carbons (Fsp3) is 0.667. The number of epoxide rings is 1. The Morgan fingerprint density at radius 3 is 3.25 bits per heavy atom. The summed E-state index contributed by atoms with van der Waals surface area (Å²) < 4.78 is 7.36. The predicted octanol–water partition coefficient (Wildman–Crippen LogP) is 1.23. The van der Waals surface area contributed by atoms with Crippen LogP contribution >= 0.6 is 0 Å². The number of imidazole rings is 1. The number of ether oxygens (including phenoxy) is 1. The first-order valence-corrected chi connectivity index (χ1v) is 4.51. The Morgan fingerprint density at radius 2 is 2.58 bits per heavy atom. The van der Waals surface area contributed by atoms with Gasteiger partial charge in [0.1, 0.15) is 5.82 Å². The molecule has 1 saturated heterocycles. The van der Waals surface area contributed by atoms with Crippen LogP contribution in [0.1, 0.15) is 19.2 Å². The molecule has 12 heavy (non-hydrogen) atoms. The molecule has 0 bridgehead atoms. The molecule has 1 aliphatic heterocycles. The molecule has 0 spiro atoms. The van der Waals surface area contributed by atoms with E-state index in [2.05, 4.69) is 16.5 Å². The third-order valence-corrected chi connectivity index (χ3v) is 2.08. The molecule has 0 saturated carbocycles. The van der Waals surface area contributed by atoms with Gasteiger partial charge in [-0.15, -0.1) is 0 Å². The molecule has 1 aliphatic rings. The summed E-state index contributed by atoms with van der Waals surface area (Å²) in [5.41, 5.74) is 0. The average molecular weight is 166 g/mol. The van der Waals surface area contributed by atoms with Gasteiger partial charge in [-0.1, -0.05) is 6.92 Å². The summed E-state index contributed by atoms with van der Waals surface area (Å²) in [5.74, 6) is 1.19. The normalized spacial score (nSPS) is 21.2. The fourth-order valence-electron chi connectivity index (χ4n) is 1.35. The number of hydrogen-bond acceptors (Lipinski definition) is 2. The second kappa shape index (κ2) is 3.27. The maximum absolute atomic E-state index is 5.17. The highest BCUT2D eigenvalue weighted by Gasteiger charge is 2.23. The Bertz CT molecular complexity index is 253. The van der Waals surface area contributed by atoms with Crippen LogP contribution in [0, 0.1) is 0 Å². The Hall–Kier alpha value is -0.830. The van der Waals surface area contributed by atoms with E-state index < -0.39 is 0 Å². The van der Waals surface area contributed by atoms with Gasteiger partial charge in [0, 0.05) is 18.8 Å². The molecule has 3 nitrogen and oxygen atoms in total. The van der Waals surface area contributed by atoms with E-state index in [1.807, 2.05) is 12.4 Å². The van der Waals surface area contributed by atoms with Crippen molar-refractivity contribution in [1.29, 1.82) is 0 Å². The summed E-state index contributed by atoms with van der Waals surface area (Å²) in [4.78, 5) is 4.29. The average Bonchev–Trinajstić information content (AvgIpc) is 2.76. The lowest BCUT2D eigenvalue weighted by molar-refractivity contribution is 0.379. The second-order valence-electron chi connectivity index (χ2n) is 3.20. The van der Waals surface area contributed by atoms with Crippen LogP contribution in [0.2, 0.25) is 0 Å². The maximum atomic E-state index is 5.17. The molecule has 3 heteroatoms. The van der Waals surface area contributed by atoms with Crippen molar-refractivity contribution in [3.05, 3.63) is 18.2 Å². The number of hydrogen-bond donors (Lipinski definition) is 0. The highest BCUT2D eigenvalue weighted by atomic mass is 16.6. The van der Waals surface area contributed by atoms with Gasteiger partial charge >= 0.3 is 0 Å². The lowest BCUT2D eigenvalue weighted by atomic mass is 10.3. The van der Waals surface area contributed by atoms with Crippen molar-refractivity contribution in [2.24, 2.45) is 0 Å². The molecule has 1 aromatic rings. The van der Waals surface area contributed by atoms with Crippen LogP contribution in [-0.2, 0) is 17.7 Å². The summed E-state index contributed by atoms with van der Waals surface area (Å²) >= 11 is 0. The first-order valence-electron chi connectivity index (χ1n) is 4.51. The topological polar surface area (TPSA) is 30.4 Å². The van der Waals surface area contributed by atoms with Crippen LogP contribution < -0.4 is 0 Å². The molecule has 1 fully saturated rings. The van der Waals surface area contributed by atoms with E-state index in [1.54, 1.807) is 0 Å². The Labute approximate surface area is 72.4 Å². The SMILES string of the molecule is CCCc1nccn1CC1CO1. The number of nitrogens with zero attached hydrogens (tertiary/aromatic N) is 2. The van der Waals surface area contributed by atoms with Crippen LogP contribution in [0.4, 0.5) is 0 Å². The van der Waals surface area contributed by atoms with Crippen molar-refractivity contribution >= 4 is 0 Å².